The number of halogens is 1. The van der Waals surface area contributed by atoms with Gasteiger partial charge in [0.15, 0.2) is 11.6 Å². The Morgan fingerprint density at radius 2 is 1.84 bits per heavy atom. The molecule has 3 unspecified atom stereocenters. The minimum absolute atomic E-state index is 0.202. The number of rotatable bonds is 3. The molecule has 1 aliphatic carbocycles. The van der Waals surface area contributed by atoms with Crippen LogP contribution < -0.4 is 4.74 Å². The van der Waals surface area contributed by atoms with E-state index in [2.05, 4.69) is 13.8 Å². The molecule has 3 atom stereocenters. The lowest BCUT2D eigenvalue weighted by atomic mass is 9.73. The van der Waals surface area contributed by atoms with Crippen LogP contribution in [0.3, 0.4) is 0 Å². The van der Waals surface area contributed by atoms with Crippen molar-refractivity contribution >= 4 is 0 Å². The molecule has 0 spiro atoms. The first-order chi connectivity index (χ1) is 9.01. The van der Waals surface area contributed by atoms with E-state index in [1.54, 1.807) is 12.1 Å². The summed E-state index contributed by atoms with van der Waals surface area (Å²) in [4.78, 5) is 0. The molecule has 1 aliphatic rings. The van der Waals surface area contributed by atoms with Gasteiger partial charge in [0.1, 0.15) is 0 Å². The van der Waals surface area contributed by atoms with E-state index in [-0.39, 0.29) is 17.5 Å². The Morgan fingerprint density at radius 3 is 2.42 bits per heavy atom. The van der Waals surface area contributed by atoms with Gasteiger partial charge in [0.25, 0.3) is 0 Å². The molecule has 1 fully saturated rings. The lowest BCUT2D eigenvalue weighted by Crippen LogP contribution is -2.24. The highest BCUT2D eigenvalue weighted by molar-refractivity contribution is 5.31. The summed E-state index contributed by atoms with van der Waals surface area (Å²) in [5.41, 5.74) is 0.754. The average molecular weight is 266 g/mol. The number of hydrogen-bond acceptors (Lipinski definition) is 2. The number of aliphatic hydroxyl groups is 1. The van der Waals surface area contributed by atoms with Crippen LogP contribution in [0.1, 0.15) is 44.8 Å². The van der Waals surface area contributed by atoms with Crippen molar-refractivity contribution in [1.82, 2.24) is 0 Å². The summed E-state index contributed by atoms with van der Waals surface area (Å²) < 4.78 is 18.4. The third-order valence-electron chi connectivity index (χ3n) is 4.18. The molecule has 0 radical (unpaired) electrons. The third-order valence-corrected chi connectivity index (χ3v) is 4.18. The van der Waals surface area contributed by atoms with E-state index >= 15 is 0 Å². The summed E-state index contributed by atoms with van der Waals surface area (Å²) in [6, 6.07) is 4.64. The molecule has 1 aromatic carbocycles. The van der Waals surface area contributed by atoms with Gasteiger partial charge in [-0.25, -0.2) is 4.39 Å². The Kier molecular flexibility index (Phi) is 4.46. The average Bonchev–Trinajstić information content (AvgIpc) is 2.37. The summed E-state index contributed by atoms with van der Waals surface area (Å²) in [5, 5.41) is 10.5. The van der Waals surface area contributed by atoms with Gasteiger partial charge in [-0.05, 0) is 54.7 Å². The van der Waals surface area contributed by atoms with Gasteiger partial charge in [-0.3, -0.25) is 0 Å². The van der Waals surface area contributed by atoms with E-state index in [4.69, 9.17) is 4.74 Å². The number of ether oxygens (including phenoxy) is 1. The van der Waals surface area contributed by atoms with E-state index < -0.39 is 6.10 Å². The van der Waals surface area contributed by atoms with Crippen LogP contribution in [-0.2, 0) is 0 Å². The van der Waals surface area contributed by atoms with Crippen molar-refractivity contribution in [2.24, 2.45) is 17.8 Å². The zero-order valence-electron chi connectivity index (χ0n) is 11.9. The van der Waals surface area contributed by atoms with Crippen LogP contribution in [0.5, 0.6) is 5.75 Å². The third kappa shape index (κ3) is 3.27. The van der Waals surface area contributed by atoms with Crippen molar-refractivity contribution in [3.8, 4) is 5.75 Å². The largest absolute Gasteiger partial charge is 0.494 e. The molecule has 0 amide bonds. The van der Waals surface area contributed by atoms with E-state index in [9.17, 15) is 9.50 Å². The SMILES string of the molecule is COc1cc(C(O)C2CC(C)CC(C)C2)ccc1F. The normalized spacial score (nSPS) is 29.0. The fourth-order valence-electron chi connectivity index (χ4n) is 3.40. The Morgan fingerprint density at radius 1 is 1.21 bits per heavy atom. The van der Waals surface area contributed by atoms with E-state index in [0.717, 1.165) is 18.4 Å². The second-order valence-corrected chi connectivity index (χ2v) is 6.02. The van der Waals surface area contributed by atoms with E-state index in [1.807, 2.05) is 0 Å². The molecule has 0 saturated heterocycles. The summed E-state index contributed by atoms with van der Waals surface area (Å²) in [7, 11) is 1.44. The summed E-state index contributed by atoms with van der Waals surface area (Å²) in [5.74, 6) is 1.36. The molecular weight excluding hydrogens is 243 g/mol. The van der Waals surface area contributed by atoms with Crippen LogP contribution in [0.2, 0.25) is 0 Å². The fourth-order valence-corrected chi connectivity index (χ4v) is 3.40. The molecule has 1 aromatic rings. The summed E-state index contributed by atoms with van der Waals surface area (Å²) in [6.07, 6.45) is 2.77. The van der Waals surface area contributed by atoms with Crippen LogP contribution in [-0.4, -0.2) is 12.2 Å². The monoisotopic (exact) mass is 266 g/mol. The predicted octanol–water partition coefficient (Wildman–Crippen LogP) is 3.94. The van der Waals surface area contributed by atoms with Gasteiger partial charge in [0.05, 0.1) is 13.2 Å². The van der Waals surface area contributed by atoms with Crippen LogP contribution in [0, 0.1) is 23.6 Å². The smallest absolute Gasteiger partial charge is 0.165 e. The topological polar surface area (TPSA) is 29.5 Å². The Balaban J connectivity index is 2.16. The van der Waals surface area contributed by atoms with Gasteiger partial charge < -0.3 is 9.84 Å². The van der Waals surface area contributed by atoms with Gasteiger partial charge in [0.2, 0.25) is 0 Å². The maximum atomic E-state index is 13.4. The summed E-state index contributed by atoms with van der Waals surface area (Å²) in [6.45, 7) is 4.47. The van der Waals surface area contributed by atoms with Gasteiger partial charge in [-0.1, -0.05) is 19.9 Å². The molecule has 2 nitrogen and oxygen atoms in total. The van der Waals surface area contributed by atoms with Crippen LogP contribution in [0.15, 0.2) is 18.2 Å². The standard InChI is InChI=1S/C16H23FO2/c1-10-6-11(2)8-13(7-10)16(18)12-4-5-14(17)15(9-12)19-3/h4-5,9-11,13,16,18H,6-8H2,1-3H3. The van der Waals surface area contributed by atoms with Crippen molar-refractivity contribution in [1.29, 1.82) is 0 Å². The van der Waals surface area contributed by atoms with E-state index in [0.29, 0.717) is 11.8 Å². The second-order valence-electron chi connectivity index (χ2n) is 6.02. The molecule has 19 heavy (non-hydrogen) atoms. The molecule has 3 heteroatoms. The molecule has 0 heterocycles. The zero-order chi connectivity index (χ0) is 14.0. The Hall–Kier alpha value is -1.09. The molecule has 0 aromatic heterocycles. The first-order valence-corrected chi connectivity index (χ1v) is 7.02. The lowest BCUT2D eigenvalue weighted by Gasteiger charge is -2.34. The van der Waals surface area contributed by atoms with Gasteiger partial charge >= 0.3 is 0 Å². The van der Waals surface area contributed by atoms with Crippen LogP contribution in [0.25, 0.3) is 0 Å². The molecule has 1 N–H and O–H groups in total. The first-order valence-electron chi connectivity index (χ1n) is 7.02. The van der Waals surface area contributed by atoms with Crippen molar-refractivity contribution in [2.75, 3.05) is 7.11 Å². The molecule has 0 bridgehead atoms. The number of benzene rings is 1. The fraction of sp³-hybridized carbons (Fsp3) is 0.625. The van der Waals surface area contributed by atoms with E-state index in [1.165, 1.54) is 19.6 Å². The molecular formula is C16H23FO2. The highest BCUT2D eigenvalue weighted by Gasteiger charge is 2.30. The second kappa shape index (κ2) is 5.91. The minimum atomic E-state index is -0.528. The Bertz CT molecular complexity index is 423. The molecule has 106 valence electrons. The first kappa shape index (κ1) is 14.3. The lowest BCUT2D eigenvalue weighted by molar-refractivity contribution is 0.0549. The molecule has 2 rings (SSSR count). The van der Waals surface area contributed by atoms with Crippen molar-refractivity contribution in [3.63, 3.8) is 0 Å². The predicted molar refractivity (Wildman–Crippen MR) is 73.6 cm³/mol. The number of aliphatic hydroxyl groups excluding tert-OH is 1. The van der Waals surface area contributed by atoms with Crippen molar-refractivity contribution in [3.05, 3.63) is 29.6 Å². The van der Waals surface area contributed by atoms with Crippen LogP contribution in [0.4, 0.5) is 4.39 Å². The zero-order valence-corrected chi connectivity index (χ0v) is 11.9. The van der Waals surface area contributed by atoms with Gasteiger partial charge in [0, 0.05) is 0 Å². The maximum absolute atomic E-state index is 13.4. The highest BCUT2D eigenvalue weighted by atomic mass is 19.1. The quantitative estimate of drug-likeness (QED) is 0.898. The van der Waals surface area contributed by atoms with Crippen molar-refractivity contribution < 1.29 is 14.2 Å². The number of hydrogen-bond donors (Lipinski definition) is 1. The van der Waals surface area contributed by atoms with Crippen LogP contribution >= 0.6 is 0 Å². The number of methoxy groups -OCH3 is 1. The molecule has 0 aliphatic heterocycles. The van der Waals surface area contributed by atoms with Gasteiger partial charge in [-0.2, -0.15) is 0 Å². The minimum Gasteiger partial charge on any atom is -0.494 e. The van der Waals surface area contributed by atoms with Gasteiger partial charge in [-0.15, -0.1) is 0 Å². The Labute approximate surface area is 114 Å². The summed E-state index contributed by atoms with van der Waals surface area (Å²) >= 11 is 0. The maximum Gasteiger partial charge on any atom is 0.165 e. The van der Waals surface area contributed by atoms with Crippen molar-refractivity contribution in [2.45, 2.75) is 39.2 Å². The highest BCUT2D eigenvalue weighted by Crippen LogP contribution is 2.40. The molecule has 1 saturated carbocycles.